The summed E-state index contributed by atoms with van der Waals surface area (Å²) in [5.74, 6) is 0.883. The summed E-state index contributed by atoms with van der Waals surface area (Å²) < 4.78 is 0. The molecule has 0 spiro atoms. The van der Waals surface area contributed by atoms with E-state index in [0.29, 0.717) is 6.04 Å². The first-order chi connectivity index (χ1) is 9.63. The quantitative estimate of drug-likeness (QED) is 0.875. The Morgan fingerprint density at radius 2 is 2.19 bits per heavy atom. The second-order valence-electron chi connectivity index (χ2n) is 6.37. The summed E-state index contributed by atoms with van der Waals surface area (Å²) in [4.78, 5) is 14.8. The van der Waals surface area contributed by atoms with Crippen molar-refractivity contribution < 1.29 is 4.79 Å². The van der Waals surface area contributed by atoms with Gasteiger partial charge >= 0.3 is 0 Å². The molecule has 3 unspecified atom stereocenters. The van der Waals surface area contributed by atoms with Crippen molar-refractivity contribution in [1.29, 1.82) is 0 Å². The van der Waals surface area contributed by atoms with E-state index in [2.05, 4.69) is 30.5 Å². The SMILES string of the molecule is CC1CCc2sc(C(=O)NC3CCCNC3C)cc2C1.Cl. The molecule has 3 atom stereocenters. The molecule has 0 bridgehead atoms. The molecule has 2 aliphatic rings. The van der Waals surface area contributed by atoms with Crippen LogP contribution in [0.2, 0.25) is 0 Å². The molecular formula is C16H25ClN2OS. The normalized spacial score (nSPS) is 28.4. The van der Waals surface area contributed by atoms with Gasteiger partial charge in [0, 0.05) is 17.0 Å². The van der Waals surface area contributed by atoms with E-state index in [0.717, 1.165) is 43.0 Å². The van der Waals surface area contributed by atoms with Crippen molar-refractivity contribution in [1.82, 2.24) is 10.6 Å². The minimum Gasteiger partial charge on any atom is -0.347 e. The monoisotopic (exact) mass is 328 g/mol. The van der Waals surface area contributed by atoms with Crippen molar-refractivity contribution in [2.45, 2.75) is 58.0 Å². The minimum atomic E-state index is 0. The van der Waals surface area contributed by atoms with Crippen LogP contribution in [0.1, 0.15) is 53.2 Å². The van der Waals surface area contributed by atoms with Crippen molar-refractivity contribution in [3.05, 3.63) is 21.4 Å². The number of fused-ring (bicyclic) bond motifs is 1. The molecule has 1 saturated heterocycles. The van der Waals surface area contributed by atoms with Crippen LogP contribution in [-0.4, -0.2) is 24.5 Å². The lowest BCUT2D eigenvalue weighted by Crippen LogP contribution is -2.51. The number of carbonyl (C=O) groups is 1. The van der Waals surface area contributed by atoms with Crippen LogP contribution in [0.3, 0.4) is 0 Å². The van der Waals surface area contributed by atoms with Crippen LogP contribution in [0.15, 0.2) is 6.07 Å². The lowest BCUT2D eigenvalue weighted by Gasteiger charge is -2.30. The maximum atomic E-state index is 12.4. The molecule has 5 heteroatoms. The average molecular weight is 329 g/mol. The molecule has 2 N–H and O–H groups in total. The van der Waals surface area contributed by atoms with E-state index in [1.807, 2.05) is 0 Å². The van der Waals surface area contributed by atoms with Crippen molar-refractivity contribution >= 4 is 29.7 Å². The van der Waals surface area contributed by atoms with Crippen molar-refractivity contribution in [3.8, 4) is 0 Å². The van der Waals surface area contributed by atoms with Gasteiger partial charge in [0.05, 0.1) is 4.88 Å². The Morgan fingerprint density at radius 3 is 2.95 bits per heavy atom. The van der Waals surface area contributed by atoms with Gasteiger partial charge in [0.15, 0.2) is 0 Å². The zero-order chi connectivity index (χ0) is 14.1. The van der Waals surface area contributed by atoms with Crippen LogP contribution in [0.5, 0.6) is 0 Å². The number of amides is 1. The van der Waals surface area contributed by atoms with Gasteiger partial charge in [-0.15, -0.1) is 23.7 Å². The second kappa shape index (κ2) is 7.12. The Bertz CT molecular complexity index is 502. The Labute approximate surface area is 137 Å². The molecule has 21 heavy (non-hydrogen) atoms. The Hall–Kier alpha value is -0.580. The molecule has 2 heterocycles. The number of nitrogens with one attached hydrogen (secondary N) is 2. The molecule has 1 aromatic rings. The highest BCUT2D eigenvalue weighted by molar-refractivity contribution is 7.14. The highest BCUT2D eigenvalue weighted by atomic mass is 35.5. The number of piperidine rings is 1. The van der Waals surface area contributed by atoms with E-state index in [1.165, 1.54) is 16.9 Å². The zero-order valence-corrected chi connectivity index (χ0v) is 14.4. The Balaban J connectivity index is 0.00000161. The summed E-state index contributed by atoms with van der Waals surface area (Å²) in [6.45, 7) is 5.53. The van der Waals surface area contributed by atoms with Gasteiger partial charge in [-0.25, -0.2) is 0 Å². The standard InChI is InChI=1S/C16H24N2OS.ClH/c1-10-5-6-14-12(8-10)9-15(20-14)16(19)18-13-4-3-7-17-11(13)2;/h9-11,13,17H,3-8H2,1-2H3,(H,18,19);1H. The third-order valence-corrected chi connectivity index (χ3v) is 5.87. The van der Waals surface area contributed by atoms with Crippen LogP contribution in [0.25, 0.3) is 0 Å². The number of thiophene rings is 1. The van der Waals surface area contributed by atoms with Crippen LogP contribution >= 0.6 is 23.7 Å². The van der Waals surface area contributed by atoms with Crippen LogP contribution in [0, 0.1) is 5.92 Å². The number of halogens is 1. The largest absolute Gasteiger partial charge is 0.347 e. The Morgan fingerprint density at radius 1 is 1.38 bits per heavy atom. The molecule has 1 fully saturated rings. The molecule has 1 aliphatic heterocycles. The first kappa shape index (κ1) is 16.8. The third-order valence-electron chi connectivity index (χ3n) is 4.63. The van der Waals surface area contributed by atoms with E-state index in [1.54, 1.807) is 11.3 Å². The van der Waals surface area contributed by atoms with E-state index in [-0.39, 0.29) is 24.4 Å². The second-order valence-corrected chi connectivity index (χ2v) is 7.51. The fourth-order valence-electron chi connectivity index (χ4n) is 3.30. The van der Waals surface area contributed by atoms with Gasteiger partial charge in [0.1, 0.15) is 0 Å². The summed E-state index contributed by atoms with van der Waals surface area (Å²) in [7, 11) is 0. The average Bonchev–Trinajstić information content (AvgIpc) is 2.84. The predicted octanol–water partition coefficient (Wildman–Crippen LogP) is 3.17. The fourth-order valence-corrected chi connectivity index (χ4v) is 4.41. The smallest absolute Gasteiger partial charge is 0.261 e. The van der Waals surface area contributed by atoms with Gasteiger partial charge in [0.2, 0.25) is 0 Å². The van der Waals surface area contributed by atoms with Crippen molar-refractivity contribution in [2.75, 3.05) is 6.54 Å². The molecular weight excluding hydrogens is 304 g/mol. The van der Waals surface area contributed by atoms with E-state index in [9.17, 15) is 4.79 Å². The van der Waals surface area contributed by atoms with Gasteiger partial charge in [-0.1, -0.05) is 6.92 Å². The molecule has 0 aromatic carbocycles. The minimum absolute atomic E-state index is 0. The molecule has 1 amide bonds. The fraction of sp³-hybridized carbons (Fsp3) is 0.688. The molecule has 1 aromatic heterocycles. The highest BCUT2D eigenvalue weighted by Gasteiger charge is 2.25. The summed E-state index contributed by atoms with van der Waals surface area (Å²) >= 11 is 1.70. The number of hydrogen-bond donors (Lipinski definition) is 2. The van der Waals surface area contributed by atoms with Crippen molar-refractivity contribution in [2.24, 2.45) is 5.92 Å². The van der Waals surface area contributed by atoms with Crippen LogP contribution < -0.4 is 10.6 Å². The lowest BCUT2D eigenvalue weighted by molar-refractivity contribution is 0.0924. The third kappa shape index (κ3) is 3.79. The van der Waals surface area contributed by atoms with Gasteiger partial charge in [0.25, 0.3) is 5.91 Å². The topological polar surface area (TPSA) is 41.1 Å². The van der Waals surface area contributed by atoms with Gasteiger partial charge < -0.3 is 10.6 Å². The molecule has 3 nitrogen and oxygen atoms in total. The van der Waals surface area contributed by atoms with Crippen molar-refractivity contribution in [3.63, 3.8) is 0 Å². The number of hydrogen-bond acceptors (Lipinski definition) is 3. The summed E-state index contributed by atoms with van der Waals surface area (Å²) in [5, 5.41) is 6.65. The Kier molecular flexibility index (Phi) is 5.69. The van der Waals surface area contributed by atoms with E-state index in [4.69, 9.17) is 0 Å². The number of rotatable bonds is 2. The molecule has 1 aliphatic carbocycles. The van der Waals surface area contributed by atoms with Gasteiger partial charge in [-0.2, -0.15) is 0 Å². The van der Waals surface area contributed by atoms with Gasteiger partial charge in [-0.05, 0) is 63.1 Å². The summed E-state index contributed by atoms with van der Waals surface area (Å²) in [6.07, 6.45) is 5.78. The summed E-state index contributed by atoms with van der Waals surface area (Å²) in [6, 6.07) is 2.78. The predicted molar refractivity (Wildman–Crippen MR) is 90.7 cm³/mol. The number of carbonyl (C=O) groups excluding carboxylic acids is 1. The summed E-state index contributed by atoms with van der Waals surface area (Å²) in [5.41, 5.74) is 1.41. The first-order valence-electron chi connectivity index (χ1n) is 7.79. The first-order valence-corrected chi connectivity index (χ1v) is 8.61. The van der Waals surface area contributed by atoms with Gasteiger partial charge in [-0.3, -0.25) is 4.79 Å². The maximum absolute atomic E-state index is 12.4. The zero-order valence-electron chi connectivity index (χ0n) is 12.8. The number of aryl methyl sites for hydroxylation is 1. The van der Waals surface area contributed by atoms with E-state index >= 15 is 0 Å². The molecule has 3 rings (SSSR count). The lowest BCUT2D eigenvalue weighted by atomic mass is 9.90. The van der Waals surface area contributed by atoms with Crippen LogP contribution in [-0.2, 0) is 12.8 Å². The molecule has 0 radical (unpaired) electrons. The van der Waals surface area contributed by atoms with E-state index < -0.39 is 0 Å². The highest BCUT2D eigenvalue weighted by Crippen LogP contribution is 2.32. The molecule has 118 valence electrons. The van der Waals surface area contributed by atoms with Crippen LogP contribution in [0.4, 0.5) is 0 Å². The molecule has 0 saturated carbocycles. The maximum Gasteiger partial charge on any atom is 0.261 e.